The van der Waals surface area contributed by atoms with Crippen molar-refractivity contribution in [2.45, 2.75) is 6.92 Å². The number of hydrogen-bond acceptors (Lipinski definition) is 5. The van der Waals surface area contributed by atoms with Crippen molar-refractivity contribution in [1.82, 2.24) is 15.0 Å². The first-order valence-corrected chi connectivity index (χ1v) is 4.51. The first-order chi connectivity index (χ1) is 7.58. The summed E-state index contributed by atoms with van der Waals surface area (Å²) in [5.41, 5.74) is 6.94. The van der Waals surface area contributed by atoms with Gasteiger partial charge in [-0.3, -0.25) is 10.1 Å². The van der Waals surface area contributed by atoms with Gasteiger partial charge in [0.15, 0.2) is 5.82 Å². The van der Waals surface area contributed by atoms with Crippen LogP contribution >= 0.6 is 0 Å². The van der Waals surface area contributed by atoms with E-state index in [0.29, 0.717) is 5.82 Å². The van der Waals surface area contributed by atoms with Gasteiger partial charge in [-0.2, -0.15) is 0 Å². The molecule has 0 aliphatic carbocycles. The molecule has 0 aliphatic heterocycles. The molecule has 0 aliphatic rings. The number of non-ortho nitro benzene ring substituents is 1. The SMILES string of the molecule is Cc1cc([N+](=O)[O-])ccc1-n1cc(N)nn1. The molecule has 2 rings (SSSR count). The highest BCUT2D eigenvalue weighted by Gasteiger charge is 2.09. The fraction of sp³-hybridized carbons (Fsp3) is 0.111. The van der Waals surface area contributed by atoms with Crippen molar-refractivity contribution in [3.63, 3.8) is 0 Å². The first kappa shape index (κ1) is 10.1. The summed E-state index contributed by atoms with van der Waals surface area (Å²) in [6, 6.07) is 4.51. The van der Waals surface area contributed by atoms with Gasteiger partial charge in [-0.1, -0.05) is 5.21 Å². The summed E-state index contributed by atoms with van der Waals surface area (Å²) in [5, 5.41) is 18.0. The number of nitrogens with two attached hydrogens (primary N) is 1. The van der Waals surface area contributed by atoms with Crippen molar-refractivity contribution in [3.8, 4) is 5.69 Å². The second-order valence-electron chi connectivity index (χ2n) is 3.32. The Morgan fingerprint density at radius 1 is 1.50 bits per heavy atom. The summed E-state index contributed by atoms with van der Waals surface area (Å²) >= 11 is 0. The van der Waals surface area contributed by atoms with Gasteiger partial charge in [0.05, 0.1) is 16.8 Å². The third-order valence-electron chi connectivity index (χ3n) is 2.15. The number of rotatable bonds is 2. The van der Waals surface area contributed by atoms with Gasteiger partial charge in [0.1, 0.15) is 0 Å². The average molecular weight is 219 g/mol. The van der Waals surface area contributed by atoms with Crippen LogP contribution in [0.5, 0.6) is 0 Å². The number of hydrogen-bond donors (Lipinski definition) is 1. The van der Waals surface area contributed by atoms with Gasteiger partial charge in [0, 0.05) is 12.1 Å². The Bertz CT molecular complexity index is 549. The number of aromatic nitrogens is 3. The Morgan fingerprint density at radius 2 is 2.25 bits per heavy atom. The molecule has 0 unspecified atom stereocenters. The molecule has 0 saturated heterocycles. The number of nitro benzene ring substituents is 1. The van der Waals surface area contributed by atoms with Crippen LogP contribution in [-0.2, 0) is 0 Å². The highest BCUT2D eigenvalue weighted by atomic mass is 16.6. The lowest BCUT2D eigenvalue weighted by Gasteiger charge is -2.03. The van der Waals surface area contributed by atoms with Crippen molar-refractivity contribution >= 4 is 11.5 Å². The maximum atomic E-state index is 10.6. The molecule has 0 radical (unpaired) electrons. The monoisotopic (exact) mass is 219 g/mol. The molecule has 2 aromatic rings. The third-order valence-corrected chi connectivity index (χ3v) is 2.15. The van der Waals surface area contributed by atoms with Crippen LogP contribution < -0.4 is 5.73 Å². The molecule has 0 saturated carbocycles. The van der Waals surface area contributed by atoms with E-state index in [-0.39, 0.29) is 5.69 Å². The molecule has 1 aromatic carbocycles. The number of aryl methyl sites for hydroxylation is 1. The lowest BCUT2D eigenvalue weighted by atomic mass is 10.2. The molecule has 0 atom stereocenters. The summed E-state index contributed by atoms with van der Waals surface area (Å²) in [6.07, 6.45) is 1.55. The lowest BCUT2D eigenvalue weighted by Crippen LogP contribution is -1.99. The number of benzene rings is 1. The van der Waals surface area contributed by atoms with Gasteiger partial charge in [0.2, 0.25) is 0 Å². The van der Waals surface area contributed by atoms with Crippen LogP contribution in [0.2, 0.25) is 0 Å². The van der Waals surface area contributed by atoms with Crippen LogP contribution in [0.25, 0.3) is 5.69 Å². The average Bonchev–Trinajstić information content (AvgIpc) is 2.64. The highest BCUT2D eigenvalue weighted by Crippen LogP contribution is 2.19. The Kier molecular flexibility index (Phi) is 2.28. The molecule has 0 spiro atoms. The second-order valence-corrected chi connectivity index (χ2v) is 3.32. The van der Waals surface area contributed by atoms with E-state index in [1.807, 2.05) is 0 Å². The summed E-state index contributed by atoms with van der Waals surface area (Å²) in [4.78, 5) is 10.1. The van der Waals surface area contributed by atoms with Crippen molar-refractivity contribution in [2.75, 3.05) is 5.73 Å². The Morgan fingerprint density at radius 3 is 2.75 bits per heavy atom. The molecule has 7 heteroatoms. The van der Waals surface area contributed by atoms with E-state index < -0.39 is 4.92 Å². The topological polar surface area (TPSA) is 99.9 Å². The molecular formula is C9H9N5O2. The van der Waals surface area contributed by atoms with Crippen molar-refractivity contribution in [2.24, 2.45) is 0 Å². The Labute approximate surface area is 90.6 Å². The largest absolute Gasteiger partial charge is 0.381 e. The zero-order valence-electron chi connectivity index (χ0n) is 8.49. The second kappa shape index (κ2) is 3.61. The normalized spacial score (nSPS) is 10.3. The zero-order valence-corrected chi connectivity index (χ0v) is 8.49. The van der Waals surface area contributed by atoms with Crippen LogP contribution in [0.15, 0.2) is 24.4 Å². The molecule has 1 aromatic heterocycles. The molecule has 7 nitrogen and oxygen atoms in total. The summed E-state index contributed by atoms with van der Waals surface area (Å²) < 4.78 is 1.48. The van der Waals surface area contributed by atoms with E-state index in [1.165, 1.54) is 16.8 Å². The zero-order chi connectivity index (χ0) is 11.7. The standard InChI is InChI=1S/C9H9N5O2/c1-6-4-7(14(15)16)2-3-8(6)13-5-9(10)11-12-13/h2-5H,10H2,1H3. The van der Waals surface area contributed by atoms with Gasteiger partial charge in [-0.05, 0) is 18.6 Å². The van der Waals surface area contributed by atoms with Crippen molar-refractivity contribution in [3.05, 3.63) is 40.1 Å². The molecule has 2 N–H and O–H groups in total. The maximum absolute atomic E-state index is 10.6. The van der Waals surface area contributed by atoms with E-state index in [2.05, 4.69) is 10.3 Å². The number of nitrogen functional groups attached to an aromatic ring is 1. The Balaban J connectivity index is 2.47. The van der Waals surface area contributed by atoms with Crippen LogP contribution in [0.4, 0.5) is 11.5 Å². The van der Waals surface area contributed by atoms with E-state index in [9.17, 15) is 10.1 Å². The van der Waals surface area contributed by atoms with Gasteiger partial charge < -0.3 is 5.73 Å². The summed E-state index contributed by atoms with van der Waals surface area (Å²) in [6.45, 7) is 1.76. The Hall–Kier alpha value is -2.44. The van der Waals surface area contributed by atoms with E-state index in [1.54, 1.807) is 19.2 Å². The number of anilines is 1. The van der Waals surface area contributed by atoms with Crippen LogP contribution in [0.3, 0.4) is 0 Å². The predicted molar refractivity (Wildman–Crippen MR) is 57.2 cm³/mol. The van der Waals surface area contributed by atoms with Crippen molar-refractivity contribution < 1.29 is 4.92 Å². The molecule has 0 bridgehead atoms. The number of nitro groups is 1. The molecular weight excluding hydrogens is 210 g/mol. The minimum absolute atomic E-state index is 0.0503. The third kappa shape index (κ3) is 1.70. The molecule has 16 heavy (non-hydrogen) atoms. The summed E-state index contributed by atoms with van der Waals surface area (Å²) in [7, 11) is 0. The fourth-order valence-corrected chi connectivity index (χ4v) is 1.40. The quantitative estimate of drug-likeness (QED) is 0.601. The van der Waals surface area contributed by atoms with E-state index >= 15 is 0 Å². The van der Waals surface area contributed by atoms with Crippen LogP contribution in [-0.4, -0.2) is 19.9 Å². The molecule has 1 heterocycles. The minimum atomic E-state index is -0.438. The van der Waals surface area contributed by atoms with E-state index in [4.69, 9.17) is 5.73 Å². The van der Waals surface area contributed by atoms with Gasteiger partial charge in [0.25, 0.3) is 5.69 Å². The minimum Gasteiger partial charge on any atom is -0.381 e. The maximum Gasteiger partial charge on any atom is 0.269 e. The van der Waals surface area contributed by atoms with Gasteiger partial charge in [-0.15, -0.1) is 5.10 Å². The van der Waals surface area contributed by atoms with Crippen LogP contribution in [0.1, 0.15) is 5.56 Å². The first-order valence-electron chi connectivity index (χ1n) is 4.51. The van der Waals surface area contributed by atoms with Crippen LogP contribution in [0, 0.1) is 17.0 Å². The molecule has 82 valence electrons. The highest BCUT2D eigenvalue weighted by molar-refractivity contribution is 5.47. The van der Waals surface area contributed by atoms with Gasteiger partial charge >= 0.3 is 0 Å². The number of nitrogens with zero attached hydrogens (tertiary/aromatic N) is 4. The smallest absolute Gasteiger partial charge is 0.269 e. The fourth-order valence-electron chi connectivity index (χ4n) is 1.40. The summed E-state index contributed by atoms with van der Waals surface area (Å²) in [5.74, 6) is 0.303. The lowest BCUT2D eigenvalue weighted by molar-refractivity contribution is -0.384. The van der Waals surface area contributed by atoms with E-state index in [0.717, 1.165) is 11.3 Å². The van der Waals surface area contributed by atoms with Crippen molar-refractivity contribution in [1.29, 1.82) is 0 Å². The predicted octanol–water partition coefficient (Wildman–Crippen LogP) is 1.07. The van der Waals surface area contributed by atoms with Gasteiger partial charge in [-0.25, -0.2) is 4.68 Å². The molecule has 0 amide bonds. The molecule has 0 fully saturated rings.